The average Bonchev–Trinajstić information content (AvgIpc) is 2.89. The maximum atomic E-state index is 12.6. The van der Waals surface area contributed by atoms with E-state index in [0.717, 1.165) is 36.2 Å². The minimum atomic E-state index is -0.348. The molecule has 0 spiro atoms. The smallest absolute Gasteiger partial charge is 0.256 e. The first kappa shape index (κ1) is 12.3. The summed E-state index contributed by atoms with van der Waals surface area (Å²) in [6.45, 7) is 4.51. The van der Waals surface area contributed by atoms with Gasteiger partial charge in [0, 0.05) is 6.42 Å². The molecule has 0 aromatic heterocycles. The summed E-state index contributed by atoms with van der Waals surface area (Å²) in [5, 5.41) is 0. The lowest BCUT2D eigenvalue weighted by molar-refractivity contribution is -0.142. The van der Waals surface area contributed by atoms with Crippen LogP contribution in [0.15, 0.2) is 41.7 Å². The van der Waals surface area contributed by atoms with Gasteiger partial charge in [0.2, 0.25) is 0 Å². The number of carbonyl (C=O) groups is 1. The monoisotopic (exact) mass is 257 g/mol. The van der Waals surface area contributed by atoms with E-state index in [1.54, 1.807) is 0 Å². The van der Waals surface area contributed by atoms with Crippen molar-refractivity contribution in [3.63, 3.8) is 0 Å². The molecule has 19 heavy (non-hydrogen) atoms. The van der Waals surface area contributed by atoms with Gasteiger partial charge in [0.25, 0.3) is 5.91 Å². The fourth-order valence-corrected chi connectivity index (χ4v) is 2.88. The first-order valence-corrected chi connectivity index (χ1v) is 6.83. The highest BCUT2D eigenvalue weighted by molar-refractivity contribution is 5.95. The Labute approximate surface area is 113 Å². The highest BCUT2D eigenvalue weighted by Gasteiger charge is 2.39. The molecule has 0 fully saturated rings. The van der Waals surface area contributed by atoms with E-state index >= 15 is 0 Å². The van der Waals surface area contributed by atoms with Crippen molar-refractivity contribution in [2.45, 2.75) is 38.6 Å². The van der Waals surface area contributed by atoms with E-state index in [1.165, 1.54) is 0 Å². The molecule has 2 aliphatic rings. The highest BCUT2D eigenvalue weighted by atomic mass is 16.5. The number of hydrogen-bond acceptors (Lipinski definition) is 2. The Kier molecular flexibility index (Phi) is 2.85. The van der Waals surface area contributed by atoms with Gasteiger partial charge in [-0.3, -0.25) is 9.69 Å². The molecule has 0 atom stereocenters. The third-order valence-corrected chi connectivity index (χ3v) is 4.19. The Balaban J connectivity index is 1.93. The molecule has 0 saturated heterocycles. The molecule has 1 aliphatic carbocycles. The van der Waals surface area contributed by atoms with Crippen molar-refractivity contribution in [3.05, 3.63) is 47.2 Å². The summed E-state index contributed by atoms with van der Waals surface area (Å²) >= 11 is 0. The third kappa shape index (κ3) is 1.93. The zero-order valence-electron chi connectivity index (χ0n) is 11.5. The van der Waals surface area contributed by atoms with Crippen molar-refractivity contribution in [2.24, 2.45) is 0 Å². The van der Waals surface area contributed by atoms with Crippen LogP contribution in [0.4, 0.5) is 0 Å². The number of hydrogen-bond donors (Lipinski definition) is 0. The van der Waals surface area contributed by atoms with Crippen molar-refractivity contribution in [2.75, 3.05) is 6.73 Å². The summed E-state index contributed by atoms with van der Waals surface area (Å²) in [5.41, 5.74) is 1.67. The van der Waals surface area contributed by atoms with Gasteiger partial charge in [-0.1, -0.05) is 30.3 Å². The zero-order chi connectivity index (χ0) is 13.5. The molecule has 3 rings (SSSR count). The molecule has 1 aliphatic heterocycles. The molecule has 0 saturated carbocycles. The van der Waals surface area contributed by atoms with Crippen LogP contribution in [0.2, 0.25) is 0 Å². The number of nitrogens with zero attached hydrogens (tertiary/aromatic N) is 1. The van der Waals surface area contributed by atoms with Crippen molar-refractivity contribution in [1.29, 1.82) is 0 Å². The minimum Gasteiger partial charge on any atom is -0.477 e. The molecule has 0 N–H and O–H groups in total. The lowest BCUT2D eigenvalue weighted by Crippen LogP contribution is -2.49. The lowest BCUT2D eigenvalue weighted by atomic mass is 9.91. The summed E-state index contributed by atoms with van der Waals surface area (Å²) < 4.78 is 5.78. The Morgan fingerprint density at radius 1 is 1.16 bits per heavy atom. The van der Waals surface area contributed by atoms with Crippen LogP contribution in [-0.2, 0) is 15.1 Å². The van der Waals surface area contributed by atoms with Crippen LogP contribution in [0, 0.1) is 0 Å². The number of benzene rings is 1. The average molecular weight is 257 g/mol. The van der Waals surface area contributed by atoms with Gasteiger partial charge >= 0.3 is 0 Å². The molecule has 3 nitrogen and oxygen atoms in total. The van der Waals surface area contributed by atoms with E-state index in [0.29, 0.717) is 6.73 Å². The van der Waals surface area contributed by atoms with Crippen LogP contribution < -0.4 is 0 Å². The van der Waals surface area contributed by atoms with Gasteiger partial charge in [0.15, 0.2) is 6.73 Å². The molecule has 0 radical (unpaired) electrons. The Bertz CT molecular complexity index is 531. The third-order valence-electron chi connectivity index (χ3n) is 4.19. The first-order chi connectivity index (χ1) is 9.10. The lowest BCUT2D eigenvalue weighted by Gasteiger charge is -2.41. The summed E-state index contributed by atoms with van der Waals surface area (Å²) in [4.78, 5) is 14.5. The summed E-state index contributed by atoms with van der Waals surface area (Å²) in [6.07, 6.45) is 2.81. The van der Waals surface area contributed by atoms with Crippen LogP contribution in [0.5, 0.6) is 0 Å². The van der Waals surface area contributed by atoms with Crippen LogP contribution in [0.1, 0.15) is 38.7 Å². The molecule has 0 bridgehead atoms. The maximum absolute atomic E-state index is 12.6. The van der Waals surface area contributed by atoms with Gasteiger partial charge in [-0.2, -0.15) is 0 Å². The summed E-state index contributed by atoms with van der Waals surface area (Å²) in [5.74, 6) is 1.07. The SMILES string of the molecule is CC(C)(c1ccccc1)N1COC2=C(CCC2)C1=O. The molecule has 0 unspecified atom stereocenters. The zero-order valence-corrected chi connectivity index (χ0v) is 11.5. The molecular weight excluding hydrogens is 238 g/mol. The van der Waals surface area contributed by atoms with E-state index in [-0.39, 0.29) is 11.4 Å². The number of amides is 1. The summed E-state index contributed by atoms with van der Waals surface area (Å²) in [6, 6.07) is 10.1. The van der Waals surface area contributed by atoms with Crippen molar-refractivity contribution >= 4 is 5.91 Å². The number of carbonyl (C=O) groups excluding carboxylic acids is 1. The second-order valence-corrected chi connectivity index (χ2v) is 5.69. The molecule has 1 aromatic carbocycles. The van der Waals surface area contributed by atoms with Crippen LogP contribution in [0.25, 0.3) is 0 Å². The van der Waals surface area contributed by atoms with E-state index in [4.69, 9.17) is 4.74 Å². The van der Waals surface area contributed by atoms with Gasteiger partial charge in [-0.25, -0.2) is 0 Å². The van der Waals surface area contributed by atoms with Crippen molar-refractivity contribution in [1.82, 2.24) is 4.90 Å². The van der Waals surface area contributed by atoms with Crippen LogP contribution in [0.3, 0.4) is 0 Å². The first-order valence-electron chi connectivity index (χ1n) is 6.83. The summed E-state index contributed by atoms with van der Waals surface area (Å²) in [7, 11) is 0. The van der Waals surface area contributed by atoms with E-state index in [2.05, 4.69) is 26.0 Å². The van der Waals surface area contributed by atoms with Gasteiger partial charge in [-0.15, -0.1) is 0 Å². The number of ether oxygens (including phenoxy) is 1. The normalized spacial score (nSPS) is 19.5. The van der Waals surface area contributed by atoms with E-state index in [1.807, 2.05) is 23.1 Å². The second kappa shape index (κ2) is 4.41. The predicted octanol–water partition coefficient (Wildman–Crippen LogP) is 3.18. The van der Waals surface area contributed by atoms with E-state index < -0.39 is 0 Å². The standard InChI is InChI=1S/C16H19NO2/c1-16(2,12-7-4-3-5-8-12)17-11-19-14-10-6-9-13(14)15(17)18/h3-5,7-8H,6,9-11H2,1-2H3. The minimum absolute atomic E-state index is 0.146. The predicted molar refractivity (Wildman–Crippen MR) is 73.1 cm³/mol. The maximum Gasteiger partial charge on any atom is 0.256 e. The molecule has 1 aromatic rings. The number of allylic oxidation sites excluding steroid dienone is 1. The fraction of sp³-hybridized carbons (Fsp3) is 0.438. The molecular formula is C16H19NO2. The number of rotatable bonds is 2. The van der Waals surface area contributed by atoms with Gasteiger partial charge in [0.1, 0.15) is 5.76 Å². The molecule has 100 valence electrons. The van der Waals surface area contributed by atoms with Gasteiger partial charge < -0.3 is 4.74 Å². The van der Waals surface area contributed by atoms with Crippen LogP contribution >= 0.6 is 0 Å². The topological polar surface area (TPSA) is 29.5 Å². The molecule has 1 heterocycles. The Morgan fingerprint density at radius 3 is 2.63 bits per heavy atom. The largest absolute Gasteiger partial charge is 0.477 e. The Hall–Kier alpha value is -1.77. The van der Waals surface area contributed by atoms with Crippen LogP contribution in [-0.4, -0.2) is 17.5 Å². The van der Waals surface area contributed by atoms with Crippen molar-refractivity contribution in [3.8, 4) is 0 Å². The fourth-order valence-electron chi connectivity index (χ4n) is 2.88. The van der Waals surface area contributed by atoms with Crippen molar-refractivity contribution < 1.29 is 9.53 Å². The molecule has 3 heteroatoms. The Morgan fingerprint density at radius 2 is 1.89 bits per heavy atom. The second-order valence-electron chi connectivity index (χ2n) is 5.69. The molecule has 1 amide bonds. The van der Waals surface area contributed by atoms with Gasteiger partial charge in [0.05, 0.1) is 11.1 Å². The van der Waals surface area contributed by atoms with E-state index in [9.17, 15) is 4.79 Å². The highest BCUT2D eigenvalue weighted by Crippen LogP contribution is 2.37. The van der Waals surface area contributed by atoms with Gasteiger partial charge in [-0.05, 0) is 32.3 Å². The quantitative estimate of drug-likeness (QED) is 0.814.